The fraction of sp³-hybridized carbons (Fsp3) is 0.176. The van der Waals surface area contributed by atoms with Crippen molar-refractivity contribution in [3.8, 4) is 0 Å². The van der Waals surface area contributed by atoms with Crippen LogP contribution in [0.2, 0.25) is 10.0 Å². The highest BCUT2D eigenvalue weighted by Gasteiger charge is 2.11. The summed E-state index contributed by atoms with van der Waals surface area (Å²) in [5.41, 5.74) is 2.28. The van der Waals surface area contributed by atoms with Gasteiger partial charge in [0.15, 0.2) is 0 Å². The van der Waals surface area contributed by atoms with Crippen LogP contribution in [-0.2, 0) is 11.3 Å². The Labute approximate surface area is 133 Å². The van der Waals surface area contributed by atoms with E-state index in [9.17, 15) is 0 Å². The molecule has 0 aliphatic rings. The zero-order valence-electron chi connectivity index (χ0n) is 11.5. The molecule has 3 rings (SSSR count). The van der Waals surface area contributed by atoms with Gasteiger partial charge in [0.1, 0.15) is 0 Å². The van der Waals surface area contributed by atoms with Crippen LogP contribution >= 0.6 is 23.2 Å². The van der Waals surface area contributed by atoms with Gasteiger partial charge < -0.3 is 9.30 Å². The number of hydrogen-bond acceptors (Lipinski definition) is 1. The van der Waals surface area contributed by atoms with E-state index in [2.05, 4.69) is 11.1 Å². The van der Waals surface area contributed by atoms with Crippen LogP contribution in [0.25, 0.3) is 21.8 Å². The molecule has 2 aromatic carbocycles. The van der Waals surface area contributed by atoms with E-state index in [1.807, 2.05) is 36.4 Å². The van der Waals surface area contributed by atoms with Gasteiger partial charge in [-0.1, -0.05) is 29.3 Å². The molecule has 0 amide bonds. The fourth-order valence-corrected chi connectivity index (χ4v) is 2.96. The molecular weight excluding hydrogens is 305 g/mol. The topological polar surface area (TPSA) is 14.2 Å². The summed E-state index contributed by atoms with van der Waals surface area (Å²) in [6, 6.07) is 11.9. The van der Waals surface area contributed by atoms with Gasteiger partial charge in [-0.05, 0) is 36.4 Å². The molecular formula is C17H15Cl2NO. The highest BCUT2D eigenvalue weighted by Crippen LogP contribution is 2.32. The third kappa shape index (κ3) is 2.80. The molecule has 108 valence electrons. The van der Waals surface area contributed by atoms with Crippen molar-refractivity contribution in [1.29, 1.82) is 0 Å². The van der Waals surface area contributed by atoms with Gasteiger partial charge in [0, 0.05) is 38.4 Å². The molecule has 0 fully saturated rings. The van der Waals surface area contributed by atoms with Crippen LogP contribution in [0.1, 0.15) is 0 Å². The first-order valence-corrected chi connectivity index (χ1v) is 7.52. The molecule has 0 unspecified atom stereocenters. The SMILES string of the molecule is C=CCOCCn1c2ccc(Cl)cc2c2cc(Cl)ccc21. The second kappa shape index (κ2) is 6.10. The van der Waals surface area contributed by atoms with Crippen molar-refractivity contribution in [3.05, 3.63) is 59.1 Å². The summed E-state index contributed by atoms with van der Waals surface area (Å²) in [7, 11) is 0. The van der Waals surface area contributed by atoms with Gasteiger partial charge in [0.25, 0.3) is 0 Å². The second-order valence-corrected chi connectivity index (χ2v) is 5.71. The highest BCUT2D eigenvalue weighted by molar-refractivity contribution is 6.33. The van der Waals surface area contributed by atoms with Crippen LogP contribution in [0.3, 0.4) is 0 Å². The van der Waals surface area contributed by atoms with Crippen LogP contribution in [0.15, 0.2) is 49.1 Å². The molecule has 3 aromatic rings. The summed E-state index contributed by atoms with van der Waals surface area (Å²) in [5.74, 6) is 0. The van der Waals surface area contributed by atoms with Crippen molar-refractivity contribution < 1.29 is 4.74 Å². The molecule has 0 aliphatic carbocycles. The average molecular weight is 320 g/mol. The Morgan fingerprint density at radius 2 is 1.57 bits per heavy atom. The Balaban J connectivity index is 2.13. The minimum absolute atomic E-state index is 0.564. The minimum Gasteiger partial charge on any atom is -0.376 e. The van der Waals surface area contributed by atoms with Crippen LogP contribution in [0.4, 0.5) is 0 Å². The third-order valence-electron chi connectivity index (χ3n) is 3.48. The fourth-order valence-electron chi connectivity index (χ4n) is 2.61. The predicted octanol–water partition coefficient (Wildman–Crippen LogP) is 5.30. The first kappa shape index (κ1) is 14.5. The monoisotopic (exact) mass is 319 g/mol. The molecule has 21 heavy (non-hydrogen) atoms. The lowest BCUT2D eigenvalue weighted by Crippen LogP contribution is -2.05. The molecule has 0 saturated carbocycles. The van der Waals surface area contributed by atoms with E-state index in [0.717, 1.165) is 38.4 Å². The number of nitrogens with zero attached hydrogens (tertiary/aromatic N) is 1. The third-order valence-corrected chi connectivity index (χ3v) is 3.95. The molecule has 4 heteroatoms. The Bertz CT molecular complexity index is 748. The minimum atomic E-state index is 0.564. The van der Waals surface area contributed by atoms with E-state index in [4.69, 9.17) is 27.9 Å². The van der Waals surface area contributed by atoms with Crippen molar-refractivity contribution >= 4 is 45.0 Å². The lowest BCUT2D eigenvalue weighted by atomic mass is 10.1. The van der Waals surface area contributed by atoms with Crippen LogP contribution in [0, 0.1) is 0 Å². The van der Waals surface area contributed by atoms with E-state index in [0.29, 0.717) is 13.2 Å². The molecule has 0 saturated heterocycles. The zero-order chi connectivity index (χ0) is 14.8. The standard InChI is InChI=1S/C17H15Cl2NO/c1-2-8-21-9-7-20-16-5-3-12(18)10-14(16)15-11-13(19)4-6-17(15)20/h2-6,10-11H,1,7-9H2. The summed E-state index contributed by atoms with van der Waals surface area (Å²) in [6.45, 7) is 5.63. The zero-order valence-corrected chi connectivity index (χ0v) is 13.0. The maximum absolute atomic E-state index is 6.14. The van der Waals surface area contributed by atoms with Gasteiger partial charge in [-0.2, -0.15) is 0 Å². The highest BCUT2D eigenvalue weighted by atomic mass is 35.5. The number of hydrogen-bond donors (Lipinski definition) is 0. The second-order valence-electron chi connectivity index (χ2n) is 4.84. The molecule has 0 atom stereocenters. The molecule has 0 aliphatic heterocycles. The first-order chi connectivity index (χ1) is 10.2. The molecule has 0 bridgehead atoms. The van der Waals surface area contributed by atoms with Crippen LogP contribution in [-0.4, -0.2) is 17.8 Å². The lowest BCUT2D eigenvalue weighted by Gasteiger charge is -2.07. The number of fused-ring (bicyclic) bond motifs is 3. The van der Waals surface area contributed by atoms with E-state index in [-0.39, 0.29) is 0 Å². The quantitative estimate of drug-likeness (QED) is 0.459. The largest absolute Gasteiger partial charge is 0.376 e. The van der Waals surface area contributed by atoms with Crippen molar-refractivity contribution in [2.24, 2.45) is 0 Å². The normalized spacial score (nSPS) is 11.3. The van der Waals surface area contributed by atoms with Gasteiger partial charge in [-0.25, -0.2) is 0 Å². The van der Waals surface area contributed by atoms with E-state index in [1.165, 1.54) is 0 Å². The van der Waals surface area contributed by atoms with Crippen molar-refractivity contribution in [1.82, 2.24) is 4.57 Å². The smallest absolute Gasteiger partial charge is 0.0650 e. The van der Waals surface area contributed by atoms with Crippen LogP contribution < -0.4 is 0 Å². The van der Waals surface area contributed by atoms with Gasteiger partial charge in [-0.3, -0.25) is 0 Å². The van der Waals surface area contributed by atoms with Gasteiger partial charge >= 0.3 is 0 Å². The van der Waals surface area contributed by atoms with Crippen LogP contribution in [0.5, 0.6) is 0 Å². The van der Waals surface area contributed by atoms with Crippen molar-refractivity contribution in [2.45, 2.75) is 6.54 Å². The lowest BCUT2D eigenvalue weighted by molar-refractivity contribution is 0.155. The van der Waals surface area contributed by atoms with E-state index < -0.39 is 0 Å². The first-order valence-electron chi connectivity index (χ1n) is 6.76. The Hall–Kier alpha value is -1.48. The number of aromatic nitrogens is 1. The van der Waals surface area contributed by atoms with E-state index in [1.54, 1.807) is 6.08 Å². The summed E-state index contributed by atoms with van der Waals surface area (Å²) in [5, 5.41) is 3.68. The molecule has 1 aromatic heterocycles. The summed E-state index contributed by atoms with van der Waals surface area (Å²) in [6.07, 6.45) is 1.76. The van der Waals surface area contributed by atoms with Gasteiger partial charge in [0.05, 0.1) is 13.2 Å². The summed E-state index contributed by atoms with van der Waals surface area (Å²) in [4.78, 5) is 0. The molecule has 1 heterocycles. The number of benzene rings is 2. The van der Waals surface area contributed by atoms with E-state index >= 15 is 0 Å². The Kier molecular flexibility index (Phi) is 4.20. The molecule has 2 nitrogen and oxygen atoms in total. The maximum Gasteiger partial charge on any atom is 0.0650 e. The maximum atomic E-state index is 6.14. The van der Waals surface area contributed by atoms with Crippen molar-refractivity contribution in [3.63, 3.8) is 0 Å². The van der Waals surface area contributed by atoms with Gasteiger partial charge in [0.2, 0.25) is 0 Å². The Morgan fingerprint density at radius 1 is 1.00 bits per heavy atom. The van der Waals surface area contributed by atoms with Crippen molar-refractivity contribution in [2.75, 3.05) is 13.2 Å². The number of halogens is 2. The summed E-state index contributed by atoms with van der Waals surface area (Å²) < 4.78 is 7.75. The average Bonchev–Trinajstić information content (AvgIpc) is 2.77. The molecule has 0 spiro atoms. The Morgan fingerprint density at radius 3 is 2.10 bits per heavy atom. The summed E-state index contributed by atoms with van der Waals surface area (Å²) >= 11 is 12.3. The van der Waals surface area contributed by atoms with Gasteiger partial charge in [-0.15, -0.1) is 6.58 Å². The molecule has 0 radical (unpaired) electrons. The predicted molar refractivity (Wildman–Crippen MR) is 90.5 cm³/mol. The molecule has 0 N–H and O–H groups in total. The number of ether oxygens (including phenoxy) is 1. The number of rotatable bonds is 5.